The summed E-state index contributed by atoms with van der Waals surface area (Å²) in [5.41, 5.74) is 0. The van der Waals surface area contributed by atoms with Crippen LogP contribution in [0.4, 0.5) is 0 Å². The van der Waals surface area contributed by atoms with Gasteiger partial charge < -0.3 is 10.0 Å². The lowest BCUT2D eigenvalue weighted by molar-refractivity contribution is -0.146. The van der Waals surface area contributed by atoms with Gasteiger partial charge in [0, 0.05) is 13.1 Å². The van der Waals surface area contributed by atoms with Crippen molar-refractivity contribution in [2.24, 2.45) is 0 Å². The summed E-state index contributed by atoms with van der Waals surface area (Å²) in [5, 5.41) is 9.16. The Morgan fingerprint density at radius 2 is 1.74 bits per heavy atom. The lowest BCUT2D eigenvalue weighted by Crippen LogP contribution is -2.51. The van der Waals surface area contributed by atoms with Crippen LogP contribution in [0.1, 0.15) is 46.0 Å². The molecule has 1 heterocycles. The first-order valence-electron chi connectivity index (χ1n) is 7.22. The molecule has 2 atom stereocenters. The van der Waals surface area contributed by atoms with Gasteiger partial charge >= 0.3 is 5.97 Å². The van der Waals surface area contributed by atoms with Gasteiger partial charge in [0.15, 0.2) is 0 Å². The molecule has 1 aliphatic rings. The Morgan fingerprint density at radius 3 is 2.16 bits per heavy atom. The van der Waals surface area contributed by atoms with Crippen LogP contribution in [0.3, 0.4) is 0 Å². The number of carbonyl (C=O) groups excluding carboxylic acids is 1. The minimum absolute atomic E-state index is 0.0594. The molecule has 1 saturated heterocycles. The smallest absolute Gasteiger partial charge is 0.320 e. The molecule has 0 bridgehead atoms. The molecule has 1 fully saturated rings. The fourth-order valence-electron chi connectivity index (χ4n) is 2.64. The van der Waals surface area contributed by atoms with E-state index in [0.29, 0.717) is 6.42 Å². The molecule has 110 valence electrons. The van der Waals surface area contributed by atoms with Crippen LogP contribution in [-0.2, 0) is 9.59 Å². The van der Waals surface area contributed by atoms with Gasteiger partial charge in [-0.15, -0.1) is 0 Å². The standard InChI is InChI=1S/C14H26N2O3/c1-4-12(14(18)19)15(3)11(2)13(17)16-9-7-5-6-8-10-16/h11-12H,4-10H2,1-3H3,(H,18,19). The fraction of sp³-hybridized carbons (Fsp3) is 0.857. The molecule has 1 N–H and O–H groups in total. The number of hydrogen-bond acceptors (Lipinski definition) is 3. The number of nitrogens with zero attached hydrogens (tertiary/aromatic N) is 2. The second-order valence-corrected chi connectivity index (χ2v) is 5.34. The van der Waals surface area contributed by atoms with Gasteiger partial charge in [-0.3, -0.25) is 14.5 Å². The number of likely N-dealkylation sites (tertiary alicyclic amines) is 1. The first kappa shape index (κ1) is 16.0. The van der Waals surface area contributed by atoms with Crippen molar-refractivity contribution in [1.82, 2.24) is 9.80 Å². The molecule has 0 spiro atoms. The van der Waals surface area contributed by atoms with Crippen molar-refractivity contribution in [1.29, 1.82) is 0 Å². The summed E-state index contributed by atoms with van der Waals surface area (Å²) < 4.78 is 0. The zero-order valence-electron chi connectivity index (χ0n) is 12.3. The average Bonchev–Trinajstić information content (AvgIpc) is 2.66. The van der Waals surface area contributed by atoms with Gasteiger partial charge in [-0.05, 0) is 33.2 Å². The number of hydrogen-bond donors (Lipinski definition) is 1. The predicted molar refractivity (Wildman–Crippen MR) is 74.0 cm³/mol. The van der Waals surface area contributed by atoms with E-state index in [2.05, 4.69) is 0 Å². The molecule has 0 aromatic rings. The maximum absolute atomic E-state index is 12.4. The Bertz CT molecular complexity index is 312. The second kappa shape index (κ2) is 7.48. The van der Waals surface area contributed by atoms with Crippen LogP contribution < -0.4 is 0 Å². The van der Waals surface area contributed by atoms with Crippen molar-refractivity contribution in [3.05, 3.63) is 0 Å². The Morgan fingerprint density at radius 1 is 1.21 bits per heavy atom. The number of carboxylic acid groups (broad SMARTS) is 1. The lowest BCUT2D eigenvalue weighted by atomic mass is 10.1. The fourth-order valence-corrected chi connectivity index (χ4v) is 2.64. The Kier molecular flexibility index (Phi) is 6.28. The molecule has 0 saturated carbocycles. The monoisotopic (exact) mass is 270 g/mol. The summed E-state index contributed by atoms with van der Waals surface area (Å²) in [6.07, 6.45) is 4.97. The zero-order chi connectivity index (χ0) is 14.4. The van der Waals surface area contributed by atoms with Crippen molar-refractivity contribution in [3.63, 3.8) is 0 Å². The third-order valence-electron chi connectivity index (χ3n) is 4.05. The molecule has 2 unspecified atom stereocenters. The second-order valence-electron chi connectivity index (χ2n) is 5.34. The SMILES string of the molecule is CCC(C(=O)O)N(C)C(C)C(=O)N1CCCCCC1. The summed E-state index contributed by atoms with van der Waals surface area (Å²) in [4.78, 5) is 27.2. The molecule has 1 aliphatic heterocycles. The maximum Gasteiger partial charge on any atom is 0.320 e. The molecule has 5 heteroatoms. The lowest BCUT2D eigenvalue weighted by Gasteiger charge is -2.32. The number of carboxylic acids is 1. The Hall–Kier alpha value is -1.10. The van der Waals surface area contributed by atoms with Gasteiger partial charge in [0.25, 0.3) is 0 Å². The highest BCUT2D eigenvalue weighted by atomic mass is 16.4. The van der Waals surface area contributed by atoms with Crippen molar-refractivity contribution < 1.29 is 14.7 Å². The highest BCUT2D eigenvalue weighted by Crippen LogP contribution is 2.14. The van der Waals surface area contributed by atoms with Crippen LogP contribution >= 0.6 is 0 Å². The van der Waals surface area contributed by atoms with Crippen LogP contribution in [0.25, 0.3) is 0 Å². The predicted octanol–water partition coefficient (Wildman–Crippen LogP) is 1.57. The summed E-state index contributed by atoms with van der Waals surface area (Å²) in [7, 11) is 1.72. The number of aliphatic carboxylic acids is 1. The van der Waals surface area contributed by atoms with E-state index in [1.807, 2.05) is 11.8 Å². The normalized spacial score (nSPS) is 19.9. The van der Waals surface area contributed by atoms with Gasteiger partial charge in [-0.2, -0.15) is 0 Å². The van der Waals surface area contributed by atoms with E-state index in [1.54, 1.807) is 18.9 Å². The van der Waals surface area contributed by atoms with Gasteiger partial charge in [0.05, 0.1) is 6.04 Å². The third kappa shape index (κ3) is 4.20. The minimum atomic E-state index is -0.861. The molecule has 1 rings (SSSR count). The van der Waals surface area contributed by atoms with Crippen molar-refractivity contribution in [2.75, 3.05) is 20.1 Å². The summed E-state index contributed by atoms with van der Waals surface area (Å²) in [6, 6.07) is -0.968. The summed E-state index contributed by atoms with van der Waals surface area (Å²) >= 11 is 0. The number of carbonyl (C=O) groups is 2. The largest absolute Gasteiger partial charge is 0.480 e. The van der Waals surface area contributed by atoms with Gasteiger partial charge in [0.2, 0.25) is 5.91 Å². The topological polar surface area (TPSA) is 60.9 Å². The van der Waals surface area contributed by atoms with E-state index in [9.17, 15) is 9.59 Å². The van der Waals surface area contributed by atoms with Crippen LogP contribution in [0.15, 0.2) is 0 Å². The first-order chi connectivity index (χ1) is 8.99. The number of amides is 1. The molecule has 19 heavy (non-hydrogen) atoms. The highest BCUT2D eigenvalue weighted by Gasteiger charge is 2.30. The zero-order valence-corrected chi connectivity index (χ0v) is 12.3. The quantitative estimate of drug-likeness (QED) is 0.824. The van der Waals surface area contributed by atoms with Gasteiger partial charge in [-0.1, -0.05) is 19.8 Å². The van der Waals surface area contributed by atoms with Crippen molar-refractivity contribution in [3.8, 4) is 0 Å². The third-order valence-corrected chi connectivity index (χ3v) is 4.05. The molecule has 0 aliphatic carbocycles. The molecular formula is C14H26N2O3. The Balaban J connectivity index is 2.66. The van der Waals surface area contributed by atoms with E-state index in [4.69, 9.17) is 5.11 Å². The first-order valence-corrected chi connectivity index (χ1v) is 7.22. The molecule has 5 nitrogen and oxygen atoms in total. The van der Waals surface area contributed by atoms with Crippen LogP contribution in [0.2, 0.25) is 0 Å². The number of likely N-dealkylation sites (N-methyl/N-ethyl adjacent to an activating group) is 1. The van der Waals surface area contributed by atoms with E-state index < -0.39 is 12.0 Å². The Labute approximate surface area is 115 Å². The highest BCUT2D eigenvalue weighted by molar-refractivity contribution is 5.82. The molecule has 0 aromatic carbocycles. The van der Waals surface area contributed by atoms with E-state index in [-0.39, 0.29) is 11.9 Å². The van der Waals surface area contributed by atoms with Gasteiger partial charge in [-0.25, -0.2) is 0 Å². The van der Waals surface area contributed by atoms with Crippen LogP contribution in [0.5, 0.6) is 0 Å². The minimum Gasteiger partial charge on any atom is -0.480 e. The van der Waals surface area contributed by atoms with E-state index in [1.165, 1.54) is 12.8 Å². The summed E-state index contributed by atoms with van der Waals surface area (Å²) in [5.74, 6) is -0.801. The molecule has 0 radical (unpaired) electrons. The van der Waals surface area contributed by atoms with Gasteiger partial charge in [0.1, 0.15) is 6.04 Å². The van der Waals surface area contributed by atoms with E-state index in [0.717, 1.165) is 25.9 Å². The number of rotatable bonds is 5. The van der Waals surface area contributed by atoms with Crippen molar-refractivity contribution in [2.45, 2.75) is 58.0 Å². The maximum atomic E-state index is 12.4. The molecule has 1 amide bonds. The molecule has 0 aromatic heterocycles. The van der Waals surface area contributed by atoms with E-state index >= 15 is 0 Å². The van der Waals surface area contributed by atoms with Crippen LogP contribution in [0, 0.1) is 0 Å². The summed E-state index contributed by atoms with van der Waals surface area (Å²) in [6.45, 7) is 5.25. The molecular weight excluding hydrogens is 244 g/mol. The average molecular weight is 270 g/mol. The van der Waals surface area contributed by atoms with Crippen LogP contribution in [-0.4, -0.2) is 59.0 Å². The van der Waals surface area contributed by atoms with Crippen molar-refractivity contribution >= 4 is 11.9 Å².